The summed E-state index contributed by atoms with van der Waals surface area (Å²) in [4.78, 5) is 23.6. The predicted molar refractivity (Wildman–Crippen MR) is 97.4 cm³/mol. The average molecular weight is 375 g/mol. The number of para-hydroxylation sites is 1. The average Bonchev–Trinajstić information content (AvgIpc) is 2.58. The summed E-state index contributed by atoms with van der Waals surface area (Å²) in [6, 6.07) is 12.8. The van der Waals surface area contributed by atoms with Crippen molar-refractivity contribution in [3.63, 3.8) is 0 Å². The molecule has 0 bridgehead atoms. The first kappa shape index (κ1) is 18.3. The van der Waals surface area contributed by atoms with Gasteiger partial charge >= 0.3 is 0 Å². The van der Waals surface area contributed by atoms with Crippen molar-refractivity contribution >= 4 is 46.4 Å². The molecule has 0 aromatic heterocycles. The highest BCUT2D eigenvalue weighted by Crippen LogP contribution is 2.25. The molecule has 126 valence electrons. The quantitative estimate of drug-likeness (QED) is 0.549. The van der Waals surface area contributed by atoms with E-state index in [9.17, 15) is 14.9 Å². The van der Waals surface area contributed by atoms with Gasteiger partial charge in [0.05, 0.1) is 22.0 Å². The number of nitriles is 1. The number of amides is 2. The number of carbonyl (C=O) groups excluding carboxylic acids is 2. The van der Waals surface area contributed by atoms with E-state index in [0.717, 1.165) is 0 Å². The van der Waals surface area contributed by atoms with Crippen LogP contribution in [0.25, 0.3) is 0 Å². The van der Waals surface area contributed by atoms with Gasteiger partial charge in [0.15, 0.2) is 0 Å². The number of carbonyl (C=O) groups is 2. The molecule has 0 radical (unpaired) electrons. The molecule has 2 amide bonds. The van der Waals surface area contributed by atoms with Crippen molar-refractivity contribution in [3.05, 3.63) is 69.8 Å². The van der Waals surface area contributed by atoms with Crippen molar-refractivity contribution in [3.8, 4) is 6.07 Å². The summed E-state index contributed by atoms with van der Waals surface area (Å²) in [6.07, 6.45) is 1.18. The predicted octanol–water partition coefficient (Wildman–Crippen LogP) is 3.55. The molecule has 0 saturated heterocycles. The maximum atomic E-state index is 12.2. The summed E-state index contributed by atoms with van der Waals surface area (Å²) >= 11 is 11.8. The van der Waals surface area contributed by atoms with Crippen molar-refractivity contribution in [2.45, 2.75) is 0 Å². The van der Waals surface area contributed by atoms with E-state index in [4.69, 9.17) is 28.9 Å². The Kier molecular flexibility index (Phi) is 6.01. The van der Waals surface area contributed by atoms with E-state index in [1.54, 1.807) is 30.3 Å². The minimum Gasteiger partial charge on any atom is -0.366 e. The first-order chi connectivity index (χ1) is 11.9. The smallest absolute Gasteiger partial charge is 0.267 e. The molecule has 2 aromatic carbocycles. The molecule has 4 N–H and O–H groups in total. The van der Waals surface area contributed by atoms with Crippen molar-refractivity contribution < 1.29 is 9.59 Å². The van der Waals surface area contributed by atoms with Crippen LogP contribution in [0.2, 0.25) is 10.0 Å². The molecule has 8 heteroatoms. The fourth-order valence-electron chi connectivity index (χ4n) is 1.90. The van der Waals surface area contributed by atoms with Crippen LogP contribution in [0.1, 0.15) is 10.4 Å². The molecule has 2 aromatic rings. The number of primary amides is 1. The lowest BCUT2D eigenvalue weighted by Crippen LogP contribution is -2.16. The van der Waals surface area contributed by atoms with E-state index in [2.05, 4.69) is 10.6 Å². The third-order valence-electron chi connectivity index (χ3n) is 3.11. The molecule has 0 unspecified atom stereocenters. The van der Waals surface area contributed by atoms with E-state index in [1.807, 2.05) is 0 Å². The second-order valence-corrected chi connectivity index (χ2v) is 5.65. The lowest BCUT2D eigenvalue weighted by atomic mass is 10.1. The Hall–Kier alpha value is -3.01. The molecule has 0 spiro atoms. The molecule has 0 heterocycles. The van der Waals surface area contributed by atoms with Crippen LogP contribution in [0.4, 0.5) is 11.4 Å². The Morgan fingerprint density at radius 1 is 1.12 bits per heavy atom. The Morgan fingerprint density at radius 2 is 1.84 bits per heavy atom. The van der Waals surface area contributed by atoms with Gasteiger partial charge in [-0.15, -0.1) is 0 Å². The second kappa shape index (κ2) is 8.20. The Balaban J connectivity index is 2.19. The molecule has 0 aliphatic carbocycles. The van der Waals surface area contributed by atoms with E-state index >= 15 is 0 Å². The lowest BCUT2D eigenvalue weighted by molar-refractivity contribution is -0.112. The number of nitrogens with one attached hydrogen (secondary N) is 2. The zero-order valence-corrected chi connectivity index (χ0v) is 14.2. The van der Waals surface area contributed by atoms with E-state index < -0.39 is 11.8 Å². The van der Waals surface area contributed by atoms with Crippen LogP contribution in [-0.4, -0.2) is 11.8 Å². The number of hydrogen-bond acceptors (Lipinski definition) is 4. The number of halogens is 2. The first-order valence-corrected chi connectivity index (χ1v) is 7.70. The standard InChI is InChI=1S/C17H12Cl2N4O2/c18-11-5-6-15(13(19)7-11)23-17(25)10(8-20)9-22-14-4-2-1-3-12(14)16(21)24/h1-7,9,22H,(H2,21,24)(H,23,25)/b10-9-. The monoisotopic (exact) mass is 374 g/mol. The molecular formula is C17H12Cl2N4O2. The van der Waals surface area contributed by atoms with Crippen molar-refractivity contribution in [1.82, 2.24) is 0 Å². The molecule has 0 aliphatic rings. The van der Waals surface area contributed by atoms with Crippen LogP contribution in [-0.2, 0) is 4.79 Å². The summed E-state index contributed by atoms with van der Waals surface area (Å²) in [7, 11) is 0. The molecular weight excluding hydrogens is 363 g/mol. The molecule has 6 nitrogen and oxygen atoms in total. The highest BCUT2D eigenvalue weighted by molar-refractivity contribution is 6.36. The number of nitrogens with two attached hydrogens (primary N) is 1. The number of rotatable bonds is 5. The SMILES string of the molecule is N#C/C(=C/Nc1ccccc1C(N)=O)C(=O)Nc1ccc(Cl)cc1Cl. The minimum atomic E-state index is -0.671. The summed E-state index contributed by atoms with van der Waals surface area (Å²) < 4.78 is 0. The van der Waals surface area contributed by atoms with Gasteiger partial charge in [0.25, 0.3) is 11.8 Å². The second-order valence-electron chi connectivity index (χ2n) is 4.80. The number of anilines is 2. The molecule has 0 saturated carbocycles. The van der Waals surface area contributed by atoms with Crippen LogP contribution >= 0.6 is 23.2 Å². The van der Waals surface area contributed by atoms with Crippen LogP contribution in [0.5, 0.6) is 0 Å². The van der Waals surface area contributed by atoms with E-state index in [-0.39, 0.29) is 16.2 Å². The number of nitrogens with zero attached hydrogens (tertiary/aromatic N) is 1. The van der Waals surface area contributed by atoms with Gasteiger partial charge in [0, 0.05) is 11.2 Å². The summed E-state index contributed by atoms with van der Waals surface area (Å²) in [6.45, 7) is 0. The zero-order valence-electron chi connectivity index (χ0n) is 12.7. The highest BCUT2D eigenvalue weighted by Gasteiger charge is 2.12. The van der Waals surface area contributed by atoms with Crippen LogP contribution in [0.15, 0.2) is 54.2 Å². The van der Waals surface area contributed by atoms with Crippen LogP contribution < -0.4 is 16.4 Å². The number of hydrogen-bond donors (Lipinski definition) is 3. The zero-order chi connectivity index (χ0) is 18.4. The van der Waals surface area contributed by atoms with Gasteiger partial charge in [-0.25, -0.2) is 0 Å². The van der Waals surface area contributed by atoms with Gasteiger partial charge < -0.3 is 16.4 Å². The molecule has 0 aliphatic heterocycles. The first-order valence-electron chi connectivity index (χ1n) is 6.94. The van der Waals surface area contributed by atoms with E-state index in [0.29, 0.717) is 16.4 Å². The molecule has 0 atom stereocenters. The Labute approximate surface area is 153 Å². The maximum Gasteiger partial charge on any atom is 0.267 e. The Bertz CT molecular complexity index is 904. The normalized spacial score (nSPS) is 10.7. The minimum absolute atomic E-state index is 0.217. The van der Waals surface area contributed by atoms with Crippen LogP contribution in [0.3, 0.4) is 0 Å². The fourth-order valence-corrected chi connectivity index (χ4v) is 2.36. The van der Waals surface area contributed by atoms with Gasteiger partial charge in [0.1, 0.15) is 11.6 Å². The van der Waals surface area contributed by atoms with Gasteiger partial charge in [0.2, 0.25) is 0 Å². The van der Waals surface area contributed by atoms with Crippen molar-refractivity contribution in [1.29, 1.82) is 5.26 Å². The van der Waals surface area contributed by atoms with Gasteiger partial charge in [-0.2, -0.15) is 5.26 Å². The third-order valence-corrected chi connectivity index (χ3v) is 3.66. The van der Waals surface area contributed by atoms with Crippen LogP contribution in [0, 0.1) is 11.3 Å². The lowest BCUT2D eigenvalue weighted by Gasteiger charge is -2.08. The summed E-state index contributed by atoms with van der Waals surface area (Å²) in [5.74, 6) is -1.30. The van der Waals surface area contributed by atoms with Gasteiger partial charge in [-0.1, -0.05) is 35.3 Å². The summed E-state index contributed by atoms with van der Waals surface area (Å²) in [5, 5.41) is 15.1. The third kappa shape index (κ3) is 4.73. The van der Waals surface area contributed by atoms with Gasteiger partial charge in [-0.3, -0.25) is 9.59 Å². The molecule has 25 heavy (non-hydrogen) atoms. The van der Waals surface area contributed by atoms with Gasteiger partial charge in [-0.05, 0) is 30.3 Å². The van der Waals surface area contributed by atoms with Crippen molar-refractivity contribution in [2.24, 2.45) is 5.73 Å². The maximum absolute atomic E-state index is 12.2. The fraction of sp³-hybridized carbons (Fsp3) is 0. The Morgan fingerprint density at radius 3 is 2.48 bits per heavy atom. The van der Waals surface area contributed by atoms with Crippen molar-refractivity contribution in [2.75, 3.05) is 10.6 Å². The highest BCUT2D eigenvalue weighted by atomic mass is 35.5. The largest absolute Gasteiger partial charge is 0.366 e. The van der Waals surface area contributed by atoms with E-state index in [1.165, 1.54) is 24.4 Å². The molecule has 2 rings (SSSR count). The number of benzene rings is 2. The topological polar surface area (TPSA) is 108 Å². The molecule has 0 fully saturated rings. The summed E-state index contributed by atoms with van der Waals surface area (Å²) in [5.41, 5.74) is 5.98.